The second kappa shape index (κ2) is 7.99. The number of ether oxygens (including phenoxy) is 4. The lowest BCUT2D eigenvalue weighted by atomic mass is 10.1. The van der Waals surface area contributed by atoms with E-state index < -0.39 is 0 Å². The molecule has 2 aromatic rings. The lowest BCUT2D eigenvalue weighted by Crippen LogP contribution is -2.31. The molecule has 2 aromatic carbocycles. The number of amides is 1. The third kappa shape index (κ3) is 3.69. The van der Waals surface area contributed by atoms with E-state index >= 15 is 0 Å². The van der Waals surface area contributed by atoms with Gasteiger partial charge in [0.1, 0.15) is 0 Å². The molecule has 1 aliphatic rings. The Bertz CT molecular complexity index is 790. The van der Waals surface area contributed by atoms with Crippen molar-refractivity contribution in [1.29, 1.82) is 0 Å². The van der Waals surface area contributed by atoms with Crippen LogP contribution in [0.15, 0.2) is 36.4 Å². The maximum absolute atomic E-state index is 12.3. The van der Waals surface area contributed by atoms with E-state index in [0.29, 0.717) is 23.0 Å². The summed E-state index contributed by atoms with van der Waals surface area (Å²) in [5, 5.41) is 3.03. The van der Waals surface area contributed by atoms with E-state index in [9.17, 15) is 4.79 Å². The van der Waals surface area contributed by atoms with E-state index in [1.165, 1.54) is 5.56 Å². The van der Waals surface area contributed by atoms with Gasteiger partial charge in [0.25, 0.3) is 5.91 Å². The highest BCUT2D eigenvalue weighted by Crippen LogP contribution is 2.39. The summed E-state index contributed by atoms with van der Waals surface area (Å²) in [6.07, 6.45) is 1.72. The fourth-order valence-electron chi connectivity index (χ4n) is 3.20. The average molecular weight is 357 g/mol. The zero-order valence-corrected chi connectivity index (χ0v) is 15.2. The van der Waals surface area contributed by atoms with Gasteiger partial charge in [-0.1, -0.05) is 12.1 Å². The number of carbonyl (C=O) groups excluding carboxylic acids is 1. The summed E-state index contributed by atoms with van der Waals surface area (Å²) < 4.78 is 21.5. The van der Waals surface area contributed by atoms with Gasteiger partial charge in [-0.05, 0) is 48.2 Å². The summed E-state index contributed by atoms with van der Waals surface area (Å²) in [5.41, 5.74) is 2.23. The first-order chi connectivity index (χ1) is 12.7. The molecule has 0 heterocycles. The van der Waals surface area contributed by atoms with Crippen LogP contribution in [0.3, 0.4) is 0 Å². The van der Waals surface area contributed by atoms with Crippen molar-refractivity contribution in [2.75, 3.05) is 27.9 Å². The molecular weight excluding hydrogens is 334 g/mol. The second-order valence-corrected chi connectivity index (χ2v) is 6.00. The Morgan fingerprint density at radius 3 is 2.35 bits per heavy atom. The number of carbonyl (C=O) groups is 1. The lowest BCUT2D eigenvalue weighted by molar-refractivity contribution is -0.123. The van der Waals surface area contributed by atoms with Crippen molar-refractivity contribution in [3.63, 3.8) is 0 Å². The van der Waals surface area contributed by atoms with Crippen molar-refractivity contribution in [2.24, 2.45) is 0 Å². The zero-order valence-electron chi connectivity index (χ0n) is 15.2. The Balaban J connectivity index is 1.65. The van der Waals surface area contributed by atoms with Gasteiger partial charge in [-0.2, -0.15) is 0 Å². The molecule has 0 saturated heterocycles. The number of hydrogen-bond donors (Lipinski definition) is 1. The van der Waals surface area contributed by atoms with Crippen LogP contribution in [0.5, 0.6) is 23.0 Å². The normalized spacial score (nSPS) is 15.1. The van der Waals surface area contributed by atoms with E-state index in [0.717, 1.165) is 18.4 Å². The number of aryl methyl sites for hydroxylation is 1. The standard InChI is InChI=1S/C20H23NO5/c1-23-16-6-4-5-7-17(16)26-12-20(22)21-15-9-8-13-10-18(24-2)19(25-3)11-14(13)15/h4-7,10-11,15H,8-9,12H2,1-3H3,(H,21,22). The molecule has 1 atom stereocenters. The van der Waals surface area contributed by atoms with Gasteiger partial charge < -0.3 is 24.3 Å². The molecule has 0 radical (unpaired) electrons. The Morgan fingerprint density at radius 2 is 1.65 bits per heavy atom. The van der Waals surface area contributed by atoms with Crippen LogP contribution in [0.25, 0.3) is 0 Å². The summed E-state index contributed by atoms with van der Waals surface area (Å²) in [5.74, 6) is 2.34. The van der Waals surface area contributed by atoms with Gasteiger partial charge in [0.05, 0.1) is 27.4 Å². The Kier molecular flexibility index (Phi) is 5.51. The van der Waals surface area contributed by atoms with Crippen molar-refractivity contribution < 1.29 is 23.7 Å². The average Bonchev–Trinajstić information content (AvgIpc) is 3.06. The molecule has 0 saturated carbocycles. The maximum atomic E-state index is 12.3. The van der Waals surface area contributed by atoms with Crippen LogP contribution in [-0.2, 0) is 11.2 Å². The van der Waals surface area contributed by atoms with Gasteiger partial charge in [-0.25, -0.2) is 0 Å². The minimum atomic E-state index is -0.177. The monoisotopic (exact) mass is 357 g/mol. The number of fused-ring (bicyclic) bond motifs is 1. The first-order valence-corrected chi connectivity index (χ1v) is 8.46. The number of hydrogen-bond acceptors (Lipinski definition) is 5. The third-order valence-electron chi connectivity index (χ3n) is 4.49. The van der Waals surface area contributed by atoms with Gasteiger partial charge >= 0.3 is 0 Å². The summed E-state index contributed by atoms with van der Waals surface area (Å²) in [4.78, 5) is 12.3. The predicted octanol–water partition coefficient (Wildman–Crippen LogP) is 2.89. The molecule has 6 heteroatoms. The molecule has 6 nitrogen and oxygen atoms in total. The molecule has 1 amide bonds. The Labute approximate surface area is 153 Å². The molecule has 0 fully saturated rings. The van der Waals surface area contributed by atoms with E-state index in [4.69, 9.17) is 18.9 Å². The second-order valence-electron chi connectivity index (χ2n) is 6.00. The van der Waals surface area contributed by atoms with E-state index in [1.807, 2.05) is 24.3 Å². The van der Waals surface area contributed by atoms with E-state index in [2.05, 4.69) is 5.32 Å². The first-order valence-electron chi connectivity index (χ1n) is 8.46. The molecule has 0 spiro atoms. The highest BCUT2D eigenvalue weighted by atomic mass is 16.5. The fourth-order valence-corrected chi connectivity index (χ4v) is 3.20. The molecule has 26 heavy (non-hydrogen) atoms. The van der Waals surface area contributed by atoms with Gasteiger partial charge in [-0.15, -0.1) is 0 Å². The van der Waals surface area contributed by atoms with Crippen LogP contribution in [0.2, 0.25) is 0 Å². The van der Waals surface area contributed by atoms with Gasteiger partial charge in [0, 0.05) is 0 Å². The van der Waals surface area contributed by atoms with Crippen molar-refractivity contribution >= 4 is 5.91 Å². The largest absolute Gasteiger partial charge is 0.493 e. The van der Waals surface area contributed by atoms with Crippen LogP contribution >= 0.6 is 0 Å². The number of rotatable bonds is 7. The van der Waals surface area contributed by atoms with Gasteiger partial charge in [0.2, 0.25) is 0 Å². The van der Waals surface area contributed by atoms with Crippen LogP contribution in [0.1, 0.15) is 23.6 Å². The molecule has 1 unspecified atom stereocenters. The first kappa shape index (κ1) is 17.9. The summed E-state index contributed by atoms with van der Waals surface area (Å²) in [6.45, 7) is -0.0699. The molecule has 1 N–H and O–H groups in total. The number of methoxy groups -OCH3 is 3. The van der Waals surface area contributed by atoms with Crippen molar-refractivity contribution in [2.45, 2.75) is 18.9 Å². The molecule has 138 valence electrons. The minimum Gasteiger partial charge on any atom is -0.493 e. The molecule has 0 aromatic heterocycles. The lowest BCUT2D eigenvalue weighted by Gasteiger charge is -2.17. The summed E-state index contributed by atoms with van der Waals surface area (Å²) in [6, 6.07) is 11.1. The van der Waals surface area contributed by atoms with Crippen molar-refractivity contribution in [3.05, 3.63) is 47.5 Å². The van der Waals surface area contributed by atoms with Gasteiger partial charge in [-0.3, -0.25) is 4.79 Å². The van der Waals surface area contributed by atoms with Crippen LogP contribution < -0.4 is 24.3 Å². The zero-order chi connectivity index (χ0) is 18.5. The highest BCUT2D eigenvalue weighted by molar-refractivity contribution is 5.78. The van der Waals surface area contributed by atoms with E-state index in [1.54, 1.807) is 33.5 Å². The Hall–Kier alpha value is -2.89. The molecule has 1 aliphatic carbocycles. The molecule has 3 rings (SSSR count). The topological polar surface area (TPSA) is 66.0 Å². The van der Waals surface area contributed by atoms with Crippen LogP contribution in [0, 0.1) is 0 Å². The molecular formula is C20H23NO5. The SMILES string of the molecule is COc1cc2c(cc1OC)C(NC(=O)COc1ccccc1OC)CC2. The van der Waals surface area contributed by atoms with Crippen molar-refractivity contribution in [1.82, 2.24) is 5.32 Å². The van der Waals surface area contributed by atoms with Crippen LogP contribution in [0.4, 0.5) is 0 Å². The maximum Gasteiger partial charge on any atom is 0.258 e. The smallest absolute Gasteiger partial charge is 0.258 e. The van der Waals surface area contributed by atoms with Gasteiger partial charge in [0.15, 0.2) is 29.6 Å². The predicted molar refractivity (Wildman–Crippen MR) is 97.2 cm³/mol. The fraction of sp³-hybridized carbons (Fsp3) is 0.350. The summed E-state index contributed by atoms with van der Waals surface area (Å²) >= 11 is 0. The van der Waals surface area contributed by atoms with E-state index in [-0.39, 0.29) is 18.6 Å². The Morgan fingerprint density at radius 1 is 1.00 bits per heavy atom. The number of nitrogens with one attached hydrogen (secondary N) is 1. The quantitative estimate of drug-likeness (QED) is 0.825. The van der Waals surface area contributed by atoms with Crippen LogP contribution in [-0.4, -0.2) is 33.8 Å². The highest BCUT2D eigenvalue weighted by Gasteiger charge is 2.26. The molecule has 0 aliphatic heterocycles. The number of para-hydroxylation sites is 2. The molecule has 0 bridgehead atoms. The van der Waals surface area contributed by atoms with Crippen molar-refractivity contribution in [3.8, 4) is 23.0 Å². The number of benzene rings is 2. The third-order valence-corrected chi connectivity index (χ3v) is 4.49. The summed E-state index contributed by atoms with van der Waals surface area (Å²) in [7, 11) is 4.79. The minimum absolute atomic E-state index is 0.0569.